The Hall–Kier alpha value is -3.93. The van der Waals surface area contributed by atoms with E-state index in [-0.39, 0.29) is 0 Å². The molecule has 1 N–H and O–H groups in total. The van der Waals surface area contributed by atoms with Gasteiger partial charge in [0.05, 0.1) is 22.6 Å². The highest BCUT2D eigenvalue weighted by atomic mass is 16.4. The van der Waals surface area contributed by atoms with E-state index in [9.17, 15) is 9.90 Å². The first kappa shape index (κ1) is 19.7. The summed E-state index contributed by atoms with van der Waals surface area (Å²) in [6.07, 6.45) is 6.63. The molecule has 1 saturated carbocycles. The Labute approximate surface area is 191 Å². The van der Waals surface area contributed by atoms with Gasteiger partial charge in [-0.1, -0.05) is 30.3 Å². The minimum Gasteiger partial charge on any atom is -0.478 e. The summed E-state index contributed by atoms with van der Waals surface area (Å²) in [7, 11) is 2.07. The molecule has 33 heavy (non-hydrogen) atoms. The smallest absolute Gasteiger partial charge is 0.336 e. The van der Waals surface area contributed by atoms with Crippen LogP contribution < -0.4 is 4.90 Å². The van der Waals surface area contributed by atoms with E-state index in [2.05, 4.69) is 51.9 Å². The number of carboxylic acids is 1. The van der Waals surface area contributed by atoms with Crippen molar-refractivity contribution in [2.75, 3.05) is 11.9 Å². The zero-order valence-corrected chi connectivity index (χ0v) is 18.4. The summed E-state index contributed by atoms with van der Waals surface area (Å²) < 4.78 is 2.14. The highest BCUT2D eigenvalue weighted by Gasteiger charge is 2.29. The van der Waals surface area contributed by atoms with Crippen molar-refractivity contribution in [2.24, 2.45) is 5.92 Å². The molecule has 0 spiro atoms. The Morgan fingerprint density at radius 3 is 2.70 bits per heavy atom. The van der Waals surface area contributed by atoms with Crippen LogP contribution in [0.2, 0.25) is 0 Å². The van der Waals surface area contributed by atoms with Crippen molar-refractivity contribution in [3.05, 3.63) is 83.3 Å². The van der Waals surface area contributed by atoms with E-state index < -0.39 is 5.97 Å². The standard InChI is InChI=1S/C27H24N4O2/c1-30(19-6-3-2-4-7-19)24-9-5-8-21-25(24)29-31(16-17-10-11-17)26(21)18-14-22-20(27(32)33)12-13-28-23(22)15-18/h2-9,12-13,15,17H,10-11,14,16H2,1H3,(H,32,33). The van der Waals surface area contributed by atoms with Gasteiger partial charge in [-0.2, -0.15) is 5.10 Å². The van der Waals surface area contributed by atoms with Crippen molar-refractivity contribution in [1.82, 2.24) is 14.8 Å². The number of nitrogens with zero attached hydrogens (tertiary/aromatic N) is 4. The lowest BCUT2D eigenvalue weighted by atomic mass is 10.0. The van der Waals surface area contributed by atoms with Crippen molar-refractivity contribution in [3.8, 4) is 0 Å². The number of allylic oxidation sites excluding steroid dienone is 1. The normalized spacial score (nSPS) is 14.9. The quantitative estimate of drug-likeness (QED) is 0.438. The average Bonchev–Trinajstić information content (AvgIpc) is 3.41. The zero-order chi connectivity index (χ0) is 22.5. The second-order valence-corrected chi connectivity index (χ2v) is 8.92. The Morgan fingerprint density at radius 1 is 1.12 bits per heavy atom. The van der Waals surface area contributed by atoms with Crippen LogP contribution in [-0.2, 0) is 13.0 Å². The molecular formula is C27H24N4O2. The molecule has 6 nitrogen and oxygen atoms in total. The molecule has 2 aromatic carbocycles. The van der Waals surface area contributed by atoms with Gasteiger partial charge in [0.15, 0.2) is 0 Å². The molecule has 0 saturated heterocycles. The van der Waals surface area contributed by atoms with Gasteiger partial charge in [-0.3, -0.25) is 9.67 Å². The summed E-state index contributed by atoms with van der Waals surface area (Å²) in [5, 5.41) is 15.8. The van der Waals surface area contributed by atoms with E-state index in [1.807, 2.05) is 24.3 Å². The molecule has 0 aliphatic heterocycles. The van der Waals surface area contributed by atoms with Gasteiger partial charge in [0.25, 0.3) is 0 Å². The molecule has 2 aliphatic carbocycles. The third-order valence-electron chi connectivity index (χ3n) is 6.68. The molecule has 164 valence electrons. The van der Waals surface area contributed by atoms with Gasteiger partial charge >= 0.3 is 5.97 Å². The Kier molecular flexibility index (Phi) is 4.54. The number of rotatable bonds is 6. The maximum Gasteiger partial charge on any atom is 0.336 e. The third kappa shape index (κ3) is 3.39. The first-order valence-corrected chi connectivity index (χ1v) is 11.3. The van der Waals surface area contributed by atoms with Crippen LogP contribution in [0.25, 0.3) is 22.6 Å². The summed E-state index contributed by atoms with van der Waals surface area (Å²) in [5.74, 6) is -0.253. The Morgan fingerprint density at radius 2 is 1.94 bits per heavy atom. The Bertz CT molecular complexity index is 1420. The fourth-order valence-corrected chi connectivity index (χ4v) is 4.79. The Balaban J connectivity index is 1.49. The predicted molar refractivity (Wildman–Crippen MR) is 130 cm³/mol. The fraction of sp³-hybridized carbons (Fsp3) is 0.222. The van der Waals surface area contributed by atoms with Crippen LogP contribution in [0.15, 0.2) is 60.8 Å². The van der Waals surface area contributed by atoms with Crippen LogP contribution in [0.5, 0.6) is 0 Å². The number of pyridine rings is 1. The van der Waals surface area contributed by atoms with Gasteiger partial charge < -0.3 is 10.0 Å². The van der Waals surface area contributed by atoms with Crippen LogP contribution in [-0.4, -0.2) is 32.9 Å². The minimum atomic E-state index is -0.911. The minimum absolute atomic E-state index is 0.327. The largest absolute Gasteiger partial charge is 0.478 e. The van der Waals surface area contributed by atoms with Crippen LogP contribution in [0.3, 0.4) is 0 Å². The number of benzene rings is 2. The summed E-state index contributed by atoms with van der Waals surface area (Å²) >= 11 is 0. The molecule has 0 amide bonds. The number of hydrogen-bond donors (Lipinski definition) is 1. The topological polar surface area (TPSA) is 71.2 Å². The summed E-state index contributed by atoms with van der Waals surface area (Å²) in [4.78, 5) is 18.4. The number of aromatic carboxylic acids is 1. The first-order valence-electron chi connectivity index (χ1n) is 11.3. The maximum absolute atomic E-state index is 11.8. The number of para-hydroxylation sites is 1. The van der Waals surface area contributed by atoms with Gasteiger partial charge in [0, 0.05) is 37.3 Å². The molecule has 0 unspecified atom stereocenters. The van der Waals surface area contributed by atoms with Gasteiger partial charge in [-0.25, -0.2) is 4.79 Å². The van der Waals surface area contributed by atoms with Gasteiger partial charge in [0.2, 0.25) is 0 Å². The van der Waals surface area contributed by atoms with E-state index in [0.717, 1.165) is 51.3 Å². The van der Waals surface area contributed by atoms with Crippen molar-refractivity contribution in [2.45, 2.75) is 25.8 Å². The highest BCUT2D eigenvalue weighted by molar-refractivity contribution is 6.04. The van der Waals surface area contributed by atoms with Gasteiger partial charge in [-0.15, -0.1) is 0 Å². The molecule has 6 rings (SSSR count). The van der Waals surface area contributed by atoms with Gasteiger partial charge in [0.1, 0.15) is 5.52 Å². The SMILES string of the molecule is CN(c1ccccc1)c1cccc2c(C3=Cc4nccc(C(=O)O)c4C3)n(CC3CC3)nc12. The van der Waals surface area contributed by atoms with E-state index in [1.165, 1.54) is 12.8 Å². The monoisotopic (exact) mass is 436 g/mol. The molecule has 2 aromatic heterocycles. The maximum atomic E-state index is 11.8. The van der Waals surface area contributed by atoms with Crippen molar-refractivity contribution >= 4 is 39.9 Å². The molecule has 2 aliphatic rings. The summed E-state index contributed by atoms with van der Waals surface area (Å²) in [6.45, 7) is 0.880. The lowest BCUT2D eigenvalue weighted by Crippen LogP contribution is -2.10. The number of hydrogen-bond acceptors (Lipinski definition) is 4. The molecule has 1 fully saturated rings. The van der Waals surface area contributed by atoms with Crippen molar-refractivity contribution in [3.63, 3.8) is 0 Å². The molecular weight excluding hydrogens is 412 g/mol. The number of carboxylic acid groups (broad SMARTS) is 1. The van der Waals surface area contributed by atoms with Crippen LogP contribution in [0, 0.1) is 5.92 Å². The fourth-order valence-electron chi connectivity index (χ4n) is 4.79. The first-order chi connectivity index (χ1) is 16.1. The molecule has 6 heteroatoms. The summed E-state index contributed by atoms with van der Waals surface area (Å²) in [5.41, 5.74) is 7.13. The molecule has 4 aromatic rings. The molecule has 0 atom stereocenters. The van der Waals surface area contributed by atoms with E-state index in [1.54, 1.807) is 12.3 Å². The zero-order valence-electron chi connectivity index (χ0n) is 18.4. The molecule has 2 heterocycles. The number of carbonyl (C=O) groups is 1. The van der Waals surface area contributed by atoms with Crippen LogP contribution in [0.1, 0.15) is 40.2 Å². The lowest BCUT2D eigenvalue weighted by Gasteiger charge is -2.19. The van der Waals surface area contributed by atoms with Crippen molar-refractivity contribution < 1.29 is 9.90 Å². The third-order valence-corrected chi connectivity index (χ3v) is 6.68. The van der Waals surface area contributed by atoms with Gasteiger partial charge in [-0.05, 0) is 60.2 Å². The number of aromatic nitrogens is 3. The number of anilines is 2. The second kappa shape index (κ2) is 7.59. The van der Waals surface area contributed by atoms with Crippen molar-refractivity contribution in [1.29, 1.82) is 0 Å². The molecule has 0 radical (unpaired) electrons. The van der Waals surface area contributed by atoms with Crippen LogP contribution >= 0.6 is 0 Å². The average molecular weight is 437 g/mol. The number of fused-ring (bicyclic) bond motifs is 2. The lowest BCUT2D eigenvalue weighted by molar-refractivity contribution is 0.0695. The highest BCUT2D eigenvalue weighted by Crippen LogP contribution is 2.40. The van der Waals surface area contributed by atoms with E-state index >= 15 is 0 Å². The van der Waals surface area contributed by atoms with Crippen LogP contribution in [0.4, 0.5) is 11.4 Å². The van der Waals surface area contributed by atoms with E-state index in [4.69, 9.17) is 5.10 Å². The predicted octanol–water partition coefficient (Wildman–Crippen LogP) is 5.40. The van der Waals surface area contributed by atoms with E-state index in [0.29, 0.717) is 17.9 Å². The second-order valence-electron chi connectivity index (χ2n) is 8.92. The molecule has 0 bridgehead atoms. The summed E-state index contributed by atoms with van der Waals surface area (Å²) in [6, 6.07) is 18.2.